The predicted octanol–water partition coefficient (Wildman–Crippen LogP) is -0.194. The Labute approximate surface area is 212 Å². The van der Waals surface area contributed by atoms with Gasteiger partial charge in [-0.2, -0.15) is 0 Å². The van der Waals surface area contributed by atoms with E-state index in [1.807, 2.05) is 0 Å². The van der Waals surface area contributed by atoms with Gasteiger partial charge in [-0.1, -0.05) is 48.4 Å². The first-order valence-corrected chi connectivity index (χ1v) is 20.7. The molecule has 0 aromatic carbocycles. The van der Waals surface area contributed by atoms with Gasteiger partial charge in [0.2, 0.25) is 0 Å². The average molecular weight is 561 g/mol. The van der Waals surface area contributed by atoms with E-state index in [1.165, 1.54) is 0 Å². The Morgan fingerprint density at radius 3 is 0.636 bits per heavy atom. The van der Waals surface area contributed by atoms with Gasteiger partial charge in [0, 0.05) is 56.9 Å². The van der Waals surface area contributed by atoms with Crippen LogP contribution >= 0.6 is 0 Å². The molecule has 4 unspecified atom stereocenters. The average Bonchev–Trinajstić information content (AvgIpc) is 2.82. The van der Waals surface area contributed by atoms with Crippen molar-refractivity contribution < 1.29 is 37.9 Å². The van der Waals surface area contributed by atoms with E-state index in [0.717, 1.165) is 0 Å². The van der Waals surface area contributed by atoms with E-state index in [-0.39, 0.29) is 23.7 Å². The molecule has 33 heavy (non-hydrogen) atoms. The largest absolute Gasteiger partial charge is 0.360 e. The van der Waals surface area contributed by atoms with E-state index in [1.54, 1.807) is 56.9 Å². The second-order valence-corrected chi connectivity index (χ2v) is 27.8. The summed E-state index contributed by atoms with van der Waals surface area (Å²) in [6.07, 6.45) is 0. The summed E-state index contributed by atoms with van der Waals surface area (Å²) in [7, 11) is 9.36. The highest BCUT2D eigenvalue weighted by Gasteiger charge is 2.53. The lowest BCUT2D eigenvalue weighted by Crippen LogP contribution is -2.60. The first-order valence-electron chi connectivity index (χ1n) is 11.9. The Bertz CT molecular complexity index is 394. The molecular formula is C20H52O8Si5. The fraction of sp³-hybridized carbons (Fsp3) is 1.00. The number of hydrogen-bond donors (Lipinski definition) is 0. The van der Waals surface area contributed by atoms with Crippen molar-refractivity contribution in [3.8, 4) is 0 Å². The maximum Gasteiger partial charge on any atom is 0.134 e. The van der Waals surface area contributed by atoms with Gasteiger partial charge >= 0.3 is 0 Å². The highest BCUT2D eigenvalue weighted by molar-refractivity contribution is 7.04. The summed E-state index contributed by atoms with van der Waals surface area (Å²) in [6.45, 7) is 9.90. The van der Waals surface area contributed by atoms with Crippen LogP contribution in [0.2, 0.25) is 20.7 Å². The molecule has 0 aliphatic carbocycles. The van der Waals surface area contributed by atoms with Crippen molar-refractivity contribution in [2.45, 2.75) is 72.0 Å². The highest BCUT2D eigenvalue weighted by Crippen LogP contribution is 2.49. The van der Waals surface area contributed by atoms with Crippen molar-refractivity contribution in [2.75, 3.05) is 56.9 Å². The van der Waals surface area contributed by atoms with Crippen molar-refractivity contribution >= 4 is 46.2 Å². The normalized spacial score (nSPS) is 19.6. The zero-order chi connectivity index (χ0) is 25.6. The minimum Gasteiger partial charge on any atom is -0.360 e. The Balaban J connectivity index is 6.55. The monoisotopic (exact) mass is 560 g/mol. The molecule has 0 rings (SSSR count). The minimum absolute atomic E-state index is 0.0783. The number of rotatable bonds is 20. The molecule has 0 heterocycles. The van der Waals surface area contributed by atoms with Crippen molar-refractivity contribution in [3.63, 3.8) is 0 Å². The predicted molar refractivity (Wildman–Crippen MR) is 149 cm³/mol. The van der Waals surface area contributed by atoms with Gasteiger partial charge in [-0.15, -0.1) is 0 Å². The van der Waals surface area contributed by atoms with Gasteiger partial charge in [0.25, 0.3) is 0 Å². The van der Waals surface area contributed by atoms with Gasteiger partial charge in [-0.3, -0.25) is 0 Å². The zero-order valence-electron chi connectivity index (χ0n) is 23.2. The molecule has 0 spiro atoms. The van der Waals surface area contributed by atoms with Crippen molar-refractivity contribution in [1.82, 2.24) is 0 Å². The molecule has 0 aliphatic heterocycles. The summed E-state index contributed by atoms with van der Waals surface area (Å²) in [5.41, 5.74) is 0. The fourth-order valence-electron chi connectivity index (χ4n) is 6.04. The molecule has 0 bridgehead atoms. The summed E-state index contributed by atoms with van der Waals surface area (Å²) >= 11 is 0. The molecule has 0 N–H and O–H groups in total. The van der Waals surface area contributed by atoms with E-state index in [2.05, 4.69) is 27.7 Å². The van der Waals surface area contributed by atoms with Crippen LogP contribution in [-0.4, -0.2) is 127 Å². The molecule has 0 aromatic rings. The molecule has 0 radical (unpaired) electrons. The summed E-state index contributed by atoms with van der Waals surface area (Å²) in [4.78, 5) is 0. The van der Waals surface area contributed by atoms with Crippen LogP contribution < -0.4 is 0 Å². The molecule has 0 saturated heterocycles. The molecule has 0 aliphatic rings. The third-order valence-corrected chi connectivity index (χ3v) is 32.9. The Morgan fingerprint density at radius 2 is 0.515 bits per heavy atom. The van der Waals surface area contributed by atoms with Crippen molar-refractivity contribution in [1.29, 1.82) is 0 Å². The van der Waals surface area contributed by atoms with Gasteiger partial charge in [0.05, 0.1) is 46.2 Å². The standard InChI is InChI=1S/C20H52O8Si5/c1-13(29-17(21-5)22-6)33(14(2)30-18(23-7)24-8,15(3)31-19(25-9)26-10)16(4)32-20(27-11)28-12/h13-20H,29-32H2,1-12H3. The molecule has 0 fully saturated rings. The molecule has 200 valence electrons. The van der Waals surface area contributed by atoms with Crippen LogP contribution in [0.4, 0.5) is 0 Å². The second kappa shape index (κ2) is 18.1. The molecule has 0 aromatic heterocycles. The number of ether oxygens (including phenoxy) is 8. The quantitative estimate of drug-likeness (QED) is 0.150. The Kier molecular flexibility index (Phi) is 18.5. The van der Waals surface area contributed by atoms with Gasteiger partial charge in [0.1, 0.15) is 23.7 Å². The molecule has 0 amide bonds. The van der Waals surface area contributed by atoms with Crippen LogP contribution in [-0.2, 0) is 37.9 Å². The maximum absolute atomic E-state index is 5.72. The van der Waals surface area contributed by atoms with Crippen LogP contribution in [0, 0.1) is 0 Å². The summed E-state index contributed by atoms with van der Waals surface area (Å²) in [5.74, 6) is -0.313. The van der Waals surface area contributed by atoms with Crippen LogP contribution in [0.1, 0.15) is 27.7 Å². The summed E-state index contributed by atoms with van der Waals surface area (Å²) in [6, 6.07) is 0. The summed E-state index contributed by atoms with van der Waals surface area (Å²) in [5, 5.41) is 2.42. The maximum atomic E-state index is 5.72. The van der Waals surface area contributed by atoms with E-state index < -0.39 is 46.2 Å². The number of methoxy groups -OCH3 is 8. The Morgan fingerprint density at radius 1 is 0.364 bits per heavy atom. The lowest BCUT2D eigenvalue weighted by atomic mass is 10.9. The van der Waals surface area contributed by atoms with Gasteiger partial charge < -0.3 is 37.9 Å². The van der Waals surface area contributed by atoms with Gasteiger partial charge in [-0.05, 0) is 0 Å². The van der Waals surface area contributed by atoms with E-state index in [9.17, 15) is 0 Å². The third kappa shape index (κ3) is 9.62. The number of hydrogen-bond acceptors (Lipinski definition) is 8. The molecule has 13 heteroatoms. The first-order chi connectivity index (χ1) is 15.7. The second-order valence-electron chi connectivity index (χ2n) is 9.15. The summed E-state index contributed by atoms with van der Waals surface area (Å²) < 4.78 is 45.8. The van der Waals surface area contributed by atoms with Crippen LogP contribution in [0.3, 0.4) is 0 Å². The van der Waals surface area contributed by atoms with Crippen LogP contribution in [0.15, 0.2) is 0 Å². The Hall–Kier alpha value is 0.764. The zero-order valence-corrected chi connectivity index (χ0v) is 29.9. The molecular weight excluding hydrogens is 509 g/mol. The fourth-order valence-corrected chi connectivity index (χ4v) is 45.0. The van der Waals surface area contributed by atoms with Crippen LogP contribution in [0.5, 0.6) is 0 Å². The minimum atomic E-state index is -1.98. The van der Waals surface area contributed by atoms with Crippen molar-refractivity contribution in [3.05, 3.63) is 0 Å². The smallest absolute Gasteiger partial charge is 0.134 e. The molecule has 4 atom stereocenters. The van der Waals surface area contributed by atoms with Gasteiger partial charge in [-0.25, -0.2) is 0 Å². The van der Waals surface area contributed by atoms with Gasteiger partial charge in [0.15, 0.2) is 0 Å². The van der Waals surface area contributed by atoms with Crippen molar-refractivity contribution in [2.24, 2.45) is 0 Å². The SMILES string of the molecule is COC(OC)[SiH2]C(C)[Si](C(C)[SiH2]C(OC)OC)(C(C)[SiH2]C(OC)OC)C(C)[SiH2]C(OC)OC. The van der Waals surface area contributed by atoms with Crippen LogP contribution in [0.25, 0.3) is 0 Å². The lowest BCUT2D eigenvalue weighted by molar-refractivity contribution is -0.0449. The molecule has 0 saturated carbocycles. The lowest BCUT2D eigenvalue weighted by Gasteiger charge is -2.52. The molecule has 8 nitrogen and oxygen atoms in total. The first kappa shape index (κ1) is 33.8. The van der Waals surface area contributed by atoms with E-state index in [0.29, 0.717) is 20.7 Å². The third-order valence-electron chi connectivity index (χ3n) is 7.70. The highest BCUT2D eigenvalue weighted by atomic mass is 28.4. The topological polar surface area (TPSA) is 73.8 Å². The van der Waals surface area contributed by atoms with E-state index in [4.69, 9.17) is 37.9 Å². The van der Waals surface area contributed by atoms with E-state index >= 15 is 0 Å².